The lowest BCUT2D eigenvalue weighted by atomic mass is 10.0. The Balaban J connectivity index is 1.54. The number of carbonyl (C=O) groups excluding carboxylic acids is 2. The zero-order chi connectivity index (χ0) is 24.9. The molecule has 5 nitrogen and oxygen atoms in total. The van der Waals surface area contributed by atoms with Gasteiger partial charge in [0.2, 0.25) is 5.91 Å². The van der Waals surface area contributed by atoms with Gasteiger partial charge in [-0.15, -0.1) is 17.9 Å². The largest absolute Gasteiger partial charge is 0.491 e. The fourth-order valence-electron chi connectivity index (χ4n) is 4.19. The number of thiophene rings is 1. The topological polar surface area (TPSA) is 49.9 Å². The first kappa shape index (κ1) is 24.9. The third kappa shape index (κ3) is 5.57. The zero-order valence-corrected chi connectivity index (χ0v) is 20.9. The van der Waals surface area contributed by atoms with Gasteiger partial charge < -0.3 is 14.5 Å². The van der Waals surface area contributed by atoms with E-state index in [2.05, 4.69) is 6.58 Å². The van der Waals surface area contributed by atoms with Crippen LogP contribution in [0.4, 0.5) is 4.39 Å². The van der Waals surface area contributed by atoms with E-state index in [9.17, 15) is 14.0 Å². The van der Waals surface area contributed by atoms with Crippen molar-refractivity contribution >= 4 is 34.8 Å². The van der Waals surface area contributed by atoms with E-state index in [4.69, 9.17) is 16.3 Å². The first-order valence-electron chi connectivity index (χ1n) is 11.3. The number of aryl methyl sites for hydroxylation is 1. The molecule has 35 heavy (non-hydrogen) atoms. The Kier molecular flexibility index (Phi) is 7.88. The molecule has 0 aliphatic carbocycles. The van der Waals surface area contributed by atoms with Gasteiger partial charge in [-0.1, -0.05) is 29.8 Å². The van der Waals surface area contributed by atoms with E-state index in [-0.39, 0.29) is 37.2 Å². The molecular weight excluding hydrogens is 487 g/mol. The van der Waals surface area contributed by atoms with Crippen molar-refractivity contribution in [1.29, 1.82) is 0 Å². The van der Waals surface area contributed by atoms with Gasteiger partial charge in [0.05, 0.1) is 11.6 Å². The van der Waals surface area contributed by atoms with Gasteiger partial charge in [0.25, 0.3) is 5.91 Å². The van der Waals surface area contributed by atoms with Crippen molar-refractivity contribution in [3.63, 3.8) is 0 Å². The van der Waals surface area contributed by atoms with Gasteiger partial charge in [-0.2, -0.15) is 0 Å². The average Bonchev–Trinajstić information content (AvgIpc) is 3.33. The van der Waals surface area contributed by atoms with Crippen LogP contribution in [0.25, 0.3) is 0 Å². The lowest BCUT2D eigenvalue weighted by Crippen LogP contribution is -2.48. The van der Waals surface area contributed by atoms with Crippen molar-refractivity contribution in [3.8, 4) is 5.75 Å². The molecule has 1 aromatic heterocycles. The van der Waals surface area contributed by atoms with Crippen LogP contribution in [0.5, 0.6) is 5.75 Å². The number of halogens is 2. The molecule has 8 heteroatoms. The zero-order valence-electron chi connectivity index (χ0n) is 19.4. The number of ether oxygens (including phenoxy) is 1. The molecule has 0 spiro atoms. The third-order valence-corrected chi connectivity index (χ3v) is 7.44. The molecule has 1 aliphatic rings. The predicted octanol–water partition coefficient (Wildman–Crippen LogP) is 5.68. The minimum absolute atomic E-state index is 0.0705. The Hall–Kier alpha value is -3.16. The van der Waals surface area contributed by atoms with E-state index in [1.807, 2.05) is 24.4 Å². The summed E-state index contributed by atoms with van der Waals surface area (Å²) in [5.74, 6) is -0.725. The molecule has 0 N–H and O–H groups in total. The summed E-state index contributed by atoms with van der Waals surface area (Å²) in [5, 5.41) is 2.68. The van der Waals surface area contributed by atoms with E-state index in [1.54, 1.807) is 34.4 Å². The van der Waals surface area contributed by atoms with Crippen LogP contribution in [0.3, 0.4) is 0 Å². The highest BCUT2D eigenvalue weighted by atomic mass is 35.5. The van der Waals surface area contributed by atoms with Crippen LogP contribution in [0.1, 0.15) is 32.4 Å². The van der Waals surface area contributed by atoms with Gasteiger partial charge >= 0.3 is 0 Å². The summed E-state index contributed by atoms with van der Waals surface area (Å²) >= 11 is 7.79. The number of hydrogen-bond donors (Lipinski definition) is 0. The maximum atomic E-state index is 14.2. The SMILES string of the molecule is C=CCN(CC(=O)N1CCc2sccc2[C@H]1COc1ccc(Cl)c(C)c1)C(=O)c1ccccc1F. The fraction of sp³-hybridized carbons (Fsp3) is 0.259. The van der Waals surface area contributed by atoms with Crippen LogP contribution in [0, 0.1) is 12.7 Å². The number of amides is 2. The van der Waals surface area contributed by atoms with Gasteiger partial charge in [0.1, 0.15) is 24.7 Å². The third-order valence-electron chi connectivity index (χ3n) is 6.02. The predicted molar refractivity (Wildman–Crippen MR) is 137 cm³/mol. The summed E-state index contributed by atoms with van der Waals surface area (Å²) < 4.78 is 20.3. The normalized spacial score (nSPS) is 14.8. The Morgan fingerprint density at radius 1 is 1.29 bits per heavy atom. The maximum absolute atomic E-state index is 14.2. The summed E-state index contributed by atoms with van der Waals surface area (Å²) in [5.41, 5.74) is 1.89. The van der Waals surface area contributed by atoms with Crippen LogP contribution in [-0.2, 0) is 11.2 Å². The minimum atomic E-state index is -0.621. The molecule has 0 unspecified atom stereocenters. The number of hydrogen-bond acceptors (Lipinski definition) is 4. The molecule has 0 fully saturated rings. The quantitative estimate of drug-likeness (QED) is 0.365. The van der Waals surface area contributed by atoms with Gasteiger partial charge in [-0.25, -0.2) is 4.39 Å². The Morgan fingerprint density at radius 3 is 2.83 bits per heavy atom. The van der Waals surface area contributed by atoms with Crippen molar-refractivity contribution in [3.05, 3.63) is 99.0 Å². The summed E-state index contributed by atoms with van der Waals surface area (Å²) in [6.07, 6.45) is 2.26. The molecule has 2 heterocycles. The summed E-state index contributed by atoms with van der Waals surface area (Å²) in [7, 11) is 0. The van der Waals surface area contributed by atoms with Crippen LogP contribution in [-0.4, -0.2) is 47.9 Å². The fourth-order valence-corrected chi connectivity index (χ4v) is 5.24. The average molecular weight is 513 g/mol. The smallest absolute Gasteiger partial charge is 0.257 e. The highest BCUT2D eigenvalue weighted by Gasteiger charge is 2.33. The van der Waals surface area contributed by atoms with E-state index < -0.39 is 11.7 Å². The van der Waals surface area contributed by atoms with Crippen LogP contribution in [0.15, 0.2) is 66.6 Å². The molecule has 2 amide bonds. The lowest BCUT2D eigenvalue weighted by molar-refractivity contribution is -0.135. The first-order chi connectivity index (χ1) is 16.9. The molecule has 4 rings (SSSR count). The molecule has 0 radical (unpaired) electrons. The molecular formula is C27H26ClFN2O3S. The lowest BCUT2D eigenvalue weighted by Gasteiger charge is -2.37. The summed E-state index contributed by atoms with van der Waals surface area (Å²) in [4.78, 5) is 30.8. The Bertz CT molecular complexity index is 1240. The Labute approximate surface area is 213 Å². The summed E-state index contributed by atoms with van der Waals surface area (Å²) in [6, 6.07) is 12.9. The molecule has 182 valence electrons. The van der Waals surface area contributed by atoms with Crippen molar-refractivity contribution < 1.29 is 18.7 Å². The minimum Gasteiger partial charge on any atom is -0.491 e. The molecule has 0 saturated carbocycles. The molecule has 1 atom stereocenters. The molecule has 1 aliphatic heterocycles. The van der Waals surface area contributed by atoms with Crippen molar-refractivity contribution in [1.82, 2.24) is 9.80 Å². The molecule has 0 saturated heterocycles. The highest BCUT2D eigenvalue weighted by Crippen LogP contribution is 2.34. The second kappa shape index (κ2) is 11.1. The van der Waals surface area contributed by atoms with E-state index in [0.29, 0.717) is 17.3 Å². The van der Waals surface area contributed by atoms with Crippen molar-refractivity contribution in [2.75, 3.05) is 26.2 Å². The highest BCUT2D eigenvalue weighted by molar-refractivity contribution is 7.10. The van der Waals surface area contributed by atoms with E-state index in [0.717, 1.165) is 17.5 Å². The second-order valence-corrected chi connectivity index (χ2v) is 9.74. The number of fused-ring (bicyclic) bond motifs is 1. The molecule has 3 aromatic rings. The summed E-state index contributed by atoms with van der Waals surface area (Å²) in [6.45, 7) is 6.31. The second-order valence-electron chi connectivity index (χ2n) is 8.33. The van der Waals surface area contributed by atoms with E-state index in [1.165, 1.54) is 34.1 Å². The van der Waals surface area contributed by atoms with Crippen LogP contribution in [0.2, 0.25) is 5.02 Å². The molecule has 2 aromatic carbocycles. The van der Waals surface area contributed by atoms with Crippen LogP contribution >= 0.6 is 22.9 Å². The number of benzene rings is 2. The number of rotatable bonds is 8. The monoisotopic (exact) mass is 512 g/mol. The molecule has 0 bridgehead atoms. The van der Waals surface area contributed by atoms with E-state index >= 15 is 0 Å². The number of nitrogens with zero attached hydrogens (tertiary/aromatic N) is 2. The first-order valence-corrected chi connectivity index (χ1v) is 12.5. The van der Waals surface area contributed by atoms with Crippen molar-refractivity contribution in [2.45, 2.75) is 19.4 Å². The van der Waals surface area contributed by atoms with Gasteiger partial charge in [-0.05, 0) is 66.2 Å². The number of carbonyl (C=O) groups is 2. The van der Waals surface area contributed by atoms with Gasteiger partial charge in [0, 0.05) is 23.0 Å². The van der Waals surface area contributed by atoms with Gasteiger partial charge in [0.15, 0.2) is 0 Å². The Morgan fingerprint density at radius 2 is 2.09 bits per heavy atom. The standard InChI is InChI=1S/C27H26ClFN2O3S/c1-3-12-30(27(33)20-6-4-5-7-23(20)29)16-26(32)31-13-10-25-21(11-14-35-25)24(31)17-34-19-8-9-22(28)18(2)15-19/h3-9,11,14-15,24H,1,10,12-13,16-17H2,2H3/t24-/m1/s1. The maximum Gasteiger partial charge on any atom is 0.257 e. The van der Waals surface area contributed by atoms with Crippen molar-refractivity contribution in [2.24, 2.45) is 0 Å². The van der Waals surface area contributed by atoms with Gasteiger partial charge in [-0.3, -0.25) is 9.59 Å². The van der Waals surface area contributed by atoms with Crippen LogP contribution < -0.4 is 4.74 Å².